The second-order valence-electron chi connectivity index (χ2n) is 9.71. The number of nitrogens with two attached hydrogens (primary N) is 1. The molecule has 16 heteroatoms. The van der Waals surface area contributed by atoms with Crippen molar-refractivity contribution < 1.29 is 40.6 Å². The Labute approximate surface area is 254 Å². The number of hydrogen-bond acceptors (Lipinski definition) is 7. The van der Waals surface area contributed by atoms with Crippen molar-refractivity contribution in [3.63, 3.8) is 0 Å². The second-order valence-corrected chi connectivity index (χ2v) is 12.0. The van der Waals surface area contributed by atoms with E-state index < -0.39 is 57.1 Å². The third kappa shape index (κ3) is 7.58. The summed E-state index contributed by atoms with van der Waals surface area (Å²) in [5, 5.41) is 16.7. The van der Waals surface area contributed by atoms with Gasteiger partial charge in [-0.25, -0.2) is 8.42 Å². The Morgan fingerprint density at radius 1 is 1.14 bits per heavy atom. The van der Waals surface area contributed by atoms with Crippen LogP contribution in [0.4, 0.5) is 28.9 Å². The molecule has 10 nitrogen and oxygen atoms in total. The lowest BCUT2D eigenvalue weighted by Gasteiger charge is -2.34. The predicted molar refractivity (Wildman–Crippen MR) is 157 cm³/mol. The van der Waals surface area contributed by atoms with Gasteiger partial charge in [0.2, 0.25) is 21.7 Å². The molecule has 2 heterocycles. The highest BCUT2D eigenvalue weighted by Crippen LogP contribution is 2.34. The largest absolute Gasteiger partial charge is 0.489 e. The van der Waals surface area contributed by atoms with Gasteiger partial charge < -0.3 is 20.5 Å². The monoisotopic (exact) mass is 655 g/mol. The molecule has 1 aromatic heterocycles. The number of carboxylic acids is 1. The average molecular weight is 656 g/mol. The number of sulfonamides is 1. The first-order valence-electron chi connectivity index (χ1n) is 13.0. The van der Waals surface area contributed by atoms with Gasteiger partial charge in [-0.05, 0) is 29.8 Å². The van der Waals surface area contributed by atoms with Crippen molar-refractivity contribution in [1.29, 1.82) is 5.41 Å². The number of carboxylic acid groups (broad SMARTS) is 1. The van der Waals surface area contributed by atoms with E-state index in [1.807, 2.05) is 0 Å². The number of carbonyl (C=O) groups is 1. The minimum Gasteiger partial charge on any atom is -0.489 e. The van der Waals surface area contributed by atoms with Gasteiger partial charge in [-0.15, -0.1) is 0 Å². The molecule has 44 heavy (non-hydrogen) atoms. The fraction of sp³-hybridized carbons (Fsp3) is 0.250. The number of ether oxygens (including phenoxy) is 1. The first-order valence-corrected chi connectivity index (χ1v) is 15.0. The van der Waals surface area contributed by atoms with Crippen molar-refractivity contribution in [3.05, 3.63) is 88.2 Å². The molecule has 1 aliphatic heterocycles. The van der Waals surface area contributed by atoms with Gasteiger partial charge in [-0.3, -0.25) is 14.5 Å². The number of aliphatic carboxylic acids is 1. The number of nitrogens with zero attached hydrogens (tertiary/aromatic N) is 3. The molecular weight excluding hydrogens is 630 g/mol. The van der Waals surface area contributed by atoms with Crippen molar-refractivity contribution in [1.82, 2.24) is 4.98 Å². The van der Waals surface area contributed by atoms with E-state index >= 15 is 0 Å². The SMILES string of the molecule is N=C(N)c1cccc(C=CCN(c2ccc(OC3CCN(c4c(F)c(F)nc(F)c4F)CC3)c(Cl)c2)S(=O)(=O)CC(=O)O)c1. The summed E-state index contributed by atoms with van der Waals surface area (Å²) in [4.78, 5) is 15.0. The number of benzene rings is 2. The van der Waals surface area contributed by atoms with Gasteiger partial charge >= 0.3 is 5.97 Å². The van der Waals surface area contributed by atoms with Crippen molar-refractivity contribution >= 4 is 50.9 Å². The van der Waals surface area contributed by atoms with Crippen LogP contribution in [0.2, 0.25) is 5.02 Å². The lowest BCUT2D eigenvalue weighted by molar-refractivity contribution is -0.134. The number of amidine groups is 1. The highest BCUT2D eigenvalue weighted by atomic mass is 35.5. The van der Waals surface area contributed by atoms with Crippen LogP contribution in [0, 0.1) is 28.9 Å². The van der Waals surface area contributed by atoms with Crippen molar-refractivity contribution in [3.8, 4) is 5.75 Å². The first-order chi connectivity index (χ1) is 20.8. The molecule has 1 aliphatic rings. The Kier molecular flexibility index (Phi) is 9.99. The Morgan fingerprint density at radius 2 is 1.80 bits per heavy atom. The van der Waals surface area contributed by atoms with E-state index in [0.717, 1.165) is 9.21 Å². The van der Waals surface area contributed by atoms with Gasteiger partial charge in [0.25, 0.3) is 11.9 Å². The summed E-state index contributed by atoms with van der Waals surface area (Å²) < 4.78 is 88.1. The van der Waals surface area contributed by atoms with Crippen molar-refractivity contribution in [2.24, 2.45) is 5.73 Å². The molecule has 4 rings (SSSR count). The molecule has 0 amide bonds. The van der Waals surface area contributed by atoms with Crippen molar-refractivity contribution in [2.45, 2.75) is 18.9 Å². The second kappa shape index (κ2) is 13.5. The van der Waals surface area contributed by atoms with E-state index in [9.17, 15) is 35.9 Å². The number of halogens is 5. The first kappa shape index (κ1) is 32.5. The number of nitrogen functional groups attached to an aromatic ring is 1. The fourth-order valence-corrected chi connectivity index (χ4v) is 6.01. The van der Waals surface area contributed by atoms with E-state index in [2.05, 4.69) is 4.98 Å². The Morgan fingerprint density at radius 3 is 2.39 bits per heavy atom. The third-order valence-electron chi connectivity index (χ3n) is 6.65. The molecule has 3 aromatic rings. The maximum absolute atomic E-state index is 14.2. The number of rotatable bonds is 11. The predicted octanol–water partition coefficient (Wildman–Crippen LogP) is 4.56. The number of nitrogens with one attached hydrogen (secondary N) is 1. The van der Waals surface area contributed by atoms with E-state index in [1.54, 1.807) is 30.3 Å². The lowest BCUT2D eigenvalue weighted by Crippen LogP contribution is -2.39. The van der Waals surface area contributed by atoms with Crippen molar-refractivity contribution in [2.75, 3.05) is 34.6 Å². The summed E-state index contributed by atoms with van der Waals surface area (Å²) in [5.74, 6) is -9.39. The molecule has 0 aliphatic carbocycles. The standard InChI is InChI=1S/C28H26ClF4N5O5S/c29-20-14-18(38(44(41,42)15-22(39)40)10-2-4-16-3-1-5-17(13-16)28(34)35)6-7-21(20)43-19-8-11-37(12-9-19)25-23(30)26(32)36-27(33)24(25)31/h1-7,13-14,19H,8-12,15H2,(H3,34,35)(H,39,40). The zero-order valence-corrected chi connectivity index (χ0v) is 24.4. The van der Waals surface area contributed by atoms with Crippen LogP contribution >= 0.6 is 11.6 Å². The van der Waals surface area contributed by atoms with E-state index in [0.29, 0.717) is 11.1 Å². The molecule has 4 N–H and O–H groups in total. The van der Waals surface area contributed by atoms with Crippen LogP contribution in [0.3, 0.4) is 0 Å². The molecule has 0 bridgehead atoms. The molecule has 2 aromatic carbocycles. The van der Waals surface area contributed by atoms with Gasteiger partial charge in [0, 0.05) is 31.5 Å². The number of piperidine rings is 1. The lowest BCUT2D eigenvalue weighted by atomic mass is 10.1. The molecule has 0 spiro atoms. The summed E-state index contributed by atoms with van der Waals surface area (Å²) in [6.07, 6.45) is 3.00. The summed E-state index contributed by atoms with van der Waals surface area (Å²) in [6.45, 7) is -0.252. The summed E-state index contributed by atoms with van der Waals surface area (Å²) in [5.41, 5.74) is 5.83. The van der Waals surface area contributed by atoms with Gasteiger partial charge in [0.15, 0.2) is 5.75 Å². The number of hydrogen-bond donors (Lipinski definition) is 3. The Balaban J connectivity index is 1.49. The normalized spacial score (nSPS) is 14.2. The van der Waals surface area contributed by atoms with Crippen LogP contribution in [0.25, 0.3) is 6.08 Å². The third-order valence-corrected chi connectivity index (χ3v) is 8.59. The average Bonchev–Trinajstić information content (AvgIpc) is 2.96. The van der Waals surface area contributed by atoms with Crippen LogP contribution in [0.1, 0.15) is 24.0 Å². The minimum absolute atomic E-state index is 0.0000286. The maximum Gasteiger partial charge on any atom is 0.320 e. The Hall–Kier alpha value is -4.37. The molecule has 0 radical (unpaired) electrons. The minimum atomic E-state index is -4.35. The molecule has 0 atom stereocenters. The van der Waals surface area contributed by atoms with Crippen LogP contribution < -0.4 is 19.7 Å². The van der Waals surface area contributed by atoms with E-state index in [4.69, 9.17) is 27.5 Å². The smallest absolute Gasteiger partial charge is 0.320 e. The van der Waals surface area contributed by atoms with Crippen LogP contribution in [0.5, 0.6) is 5.75 Å². The molecule has 1 saturated heterocycles. The zero-order chi connectivity index (χ0) is 32.2. The highest BCUT2D eigenvalue weighted by molar-refractivity contribution is 7.93. The van der Waals surface area contributed by atoms with Gasteiger partial charge in [-0.1, -0.05) is 42.0 Å². The fourth-order valence-electron chi connectivity index (χ4n) is 4.58. The summed E-state index contributed by atoms with van der Waals surface area (Å²) in [6, 6.07) is 10.7. The number of anilines is 2. The zero-order valence-electron chi connectivity index (χ0n) is 22.8. The molecule has 0 unspecified atom stereocenters. The molecular formula is C28H26ClF4N5O5S. The van der Waals surface area contributed by atoms with E-state index in [-0.39, 0.29) is 54.8 Å². The maximum atomic E-state index is 14.2. The van der Waals surface area contributed by atoms with Gasteiger partial charge in [0.05, 0.1) is 17.3 Å². The van der Waals surface area contributed by atoms with Gasteiger partial charge in [-0.2, -0.15) is 22.5 Å². The highest BCUT2D eigenvalue weighted by Gasteiger charge is 2.30. The molecule has 0 saturated carbocycles. The quantitative estimate of drug-likeness (QED) is 0.118. The molecule has 1 fully saturated rings. The summed E-state index contributed by atoms with van der Waals surface area (Å²) in [7, 11) is -4.35. The number of aromatic nitrogens is 1. The van der Waals surface area contributed by atoms with Crippen LogP contribution in [-0.4, -0.2) is 61.8 Å². The number of pyridine rings is 1. The molecule has 234 valence electrons. The Bertz CT molecular complexity index is 1690. The van der Waals surface area contributed by atoms with Gasteiger partial charge in [0.1, 0.15) is 23.4 Å². The topological polar surface area (TPSA) is 150 Å². The van der Waals surface area contributed by atoms with Crippen LogP contribution in [-0.2, 0) is 14.8 Å². The van der Waals surface area contributed by atoms with E-state index in [1.165, 1.54) is 24.3 Å². The van der Waals surface area contributed by atoms with Crippen LogP contribution in [0.15, 0.2) is 48.5 Å². The summed E-state index contributed by atoms with van der Waals surface area (Å²) >= 11 is 6.41.